The van der Waals surface area contributed by atoms with Crippen molar-refractivity contribution in [1.82, 2.24) is 0 Å². The fraction of sp³-hybridized carbons (Fsp3) is 1.00. The average molecular weight is 217 g/mol. The molecule has 1 fully saturated rings. The van der Waals surface area contributed by atoms with Gasteiger partial charge in [-0.15, -0.1) is 11.6 Å². The molecular weight excluding hydrogens is 192 g/mol. The Labute approximate surface area is 94.4 Å². The lowest BCUT2D eigenvalue weighted by molar-refractivity contribution is 0.269. The number of hydrogen-bond donors (Lipinski definition) is 0. The maximum atomic E-state index is 6.36. The molecule has 0 heterocycles. The fourth-order valence-electron chi connectivity index (χ4n) is 2.59. The van der Waals surface area contributed by atoms with Gasteiger partial charge in [0.25, 0.3) is 0 Å². The van der Waals surface area contributed by atoms with E-state index in [0.29, 0.717) is 5.38 Å². The van der Waals surface area contributed by atoms with Crippen LogP contribution in [0.5, 0.6) is 0 Å². The van der Waals surface area contributed by atoms with Crippen molar-refractivity contribution in [2.75, 3.05) is 0 Å². The summed E-state index contributed by atoms with van der Waals surface area (Å²) in [7, 11) is 0. The van der Waals surface area contributed by atoms with E-state index in [1.54, 1.807) is 0 Å². The zero-order chi connectivity index (χ0) is 10.4. The quantitative estimate of drug-likeness (QED) is 0.448. The van der Waals surface area contributed by atoms with Crippen molar-refractivity contribution in [3.8, 4) is 0 Å². The molecule has 0 nitrogen and oxygen atoms in total. The van der Waals surface area contributed by atoms with Gasteiger partial charge in [-0.2, -0.15) is 0 Å². The summed E-state index contributed by atoms with van der Waals surface area (Å²) in [6.07, 6.45) is 10.9. The molecule has 0 bridgehead atoms. The molecule has 14 heavy (non-hydrogen) atoms. The molecule has 1 saturated carbocycles. The highest BCUT2D eigenvalue weighted by Gasteiger charge is 2.26. The Morgan fingerprint density at radius 2 is 1.93 bits per heavy atom. The zero-order valence-corrected chi connectivity index (χ0v) is 10.5. The standard InChI is InChI=1S/C13H25Cl/c1-3-4-5-6-7-12-10-11(2)8-9-13(12)14/h11-13H,3-10H2,1-2H3. The summed E-state index contributed by atoms with van der Waals surface area (Å²) in [4.78, 5) is 0. The van der Waals surface area contributed by atoms with Crippen LogP contribution in [0.4, 0.5) is 0 Å². The van der Waals surface area contributed by atoms with Gasteiger partial charge in [-0.25, -0.2) is 0 Å². The Morgan fingerprint density at radius 3 is 2.64 bits per heavy atom. The van der Waals surface area contributed by atoms with Gasteiger partial charge in [0.05, 0.1) is 0 Å². The van der Waals surface area contributed by atoms with Crippen molar-refractivity contribution in [3.63, 3.8) is 0 Å². The first-order valence-corrected chi connectivity index (χ1v) is 6.81. The summed E-state index contributed by atoms with van der Waals surface area (Å²) >= 11 is 6.36. The van der Waals surface area contributed by atoms with E-state index in [-0.39, 0.29) is 0 Å². The first kappa shape index (κ1) is 12.4. The van der Waals surface area contributed by atoms with Crippen LogP contribution in [0, 0.1) is 11.8 Å². The molecule has 0 spiro atoms. The van der Waals surface area contributed by atoms with E-state index < -0.39 is 0 Å². The lowest BCUT2D eigenvalue weighted by atomic mass is 9.79. The van der Waals surface area contributed by atoms with E-state index >= 15 is 0 Å². The van der Waals surface area contributed by atoms with Gasteiger partial charge < -0.3 is 0 Å². The lowest BCUT2D eigenvalue weighted by Crippen LogP contribution is -2.24. The molecule has 3 atom stereocenters. The monoisotopic (exact) mass is 216 g/mol. The molecule has 0 amide bonds. The molecule has 1 aliphatic carbocycles. The summed E-state index contributed by atoms with van der Waals surface area (Å²) in [5.74, 6) is 1.73. The number of hydrogen-bond acceptors (Lipinski definition) is 0. The minimum Gasteiger partial charge on any atom is -0.123 e. The van der Waals surface area contributed by atoms with Crippen LogP contribution in [-0.2, 0) is 0 Å². The number of halogens is 1. The maximum absolute atomic E-state index is 6.36. The number of rotatable bonds is 5. The van der Waals surface area contributed by atoms with Crippen molar-refractivity contribution in [2.24, 2.45) is 11.8 Å². The molecule has 0 aromatic heterocycles. The number of unbranched alkanes of at least 4 members (excludes halogenated alkanes) is 3. The second kappa shape index (κ2) is 6.71. The van der Waals surface area contributed by atoms with Crippen LogP contribution in [0.15, 0.2) is 0 Å². The van der Waals surface area contributed by atoms with Crippen LogP contribution in [-0.4, -0.2) is 5.38 Å². The molecule has 0 aromatic carbocycles. The van der Waals surface area contributed by atoms with E-state index in [1.165, 1.54) is 51.4 Å². The van der Waals surface area contributed by atoms with Gasteiger partial charge in [0.1, 0.15) is 0 Å². The Hall–Kier alpha value is 0.290. The predicted molar refractivity (Wildman–Crippen MR) is 64.9 cm³/mol. The summed E-state index contributed by atoms with van der Waals surface area (Å²) in [6.45, 7) is 4.65. The van der Waals surface area contributed by atoms with Crippen LogP contribution in [0.2, 0.25) is 0 Å². The van der Waals surface area contributed by atoms with Crippen LogP contribution in [0.1, 0.15) is 65.2 Å². The third-order valence-electron chi connectivity index (χ3n) is 3.58. The summed E-state index contributed by atoms with van der Waals surface area (Å²) in [6, 6.07) is 0. The molecule has 1 rings (SSSR count). The highest BCUT2D eigenvalue weighted by Crippen LogP contribution is 2.35. The second-order valence-electron chi connectivity index (χ2n) is 5.04. The molecule has 1 aliphatic rings. The molecule has 0 radical (unpaired) electrons. The van der Waals surface area contributed by atoms with Crippen molar-refractivity contribution < 1.29 is 0 Å². The van der Waals surface area contributed by atoms with Gasteiger partial charge >= 0.3 is 0 Å². The lowest BCUT2D eigenvalue weighted by Gasteiger charge is -2.31. The molecule has 3 unspecified atom stereocenters. The summed E-state index contributed by atoms with van der Waals surface area (Å²) in [5, 5.41) is 0.479. The van der Waals surface area contributed by atoms with E-state index in [4.69, 9.17) is 11.6 Å². The van der Waals surface area contributed by atoms with Crippen molar-refractivity contribution in [2.45, 2.75) is 70.6 Å². The minimum atomic E-state index is 0.479. The first-order chi connectivity index (χ1) is 6.74. The van der Waals surface area contributed by atoms with Gasteiger partial charge in [0.2, 0.25) is 0 Å². The molecule has 0 aliphatic heterocycles. The minimum absolute atomic E-state index is 0.479. The smallest absolute Gasteiger partial charge is 0.0364 e. The predicted octanol–water partition coefficient (Wildman–Crippen LogP) is 5.00. The van der Waals surface area contributed by atoms with Crippen molar-refractivity contribution in [3.05, 3.63) is 0 Å². The van der Waals surface area contributed by atoms with Gasteiger partial charge in [-0.05, 0) is 37.5 Å². The fourth-order valence-corrected chi connectivity index (χ4v) is 2.95. The van der Waals surface area contributed by atoms with Gasteiger partial charge in [-0.1, -0.05) is 39.5 Å². The van der Waals surface area contributed by atoms with Crippen LogP contribution in [0.25, 0.3) is 0 Å². The molecule has 84 valence electrons. The van der Waals surface area contributed by atoms with E-state index in [2.05, 4.69) is 13.8 Å². The third-order valence-corrected chi connectivity index (χ3v) is 4.15. The maximum Gasteiger partial charge on any atom is 0.0364 e. The third kappa shape index (κ3) is 4.21. The Bertz CT molecular complexity index is 144. The number of alkyl halides is 1. The normalized spacial score (nSPS) is 33.2. The second-order valence-corrected chi connectivity index (χ2v) is 5.60. The van der Waals surface area contributed by atoms with Gasteiger partial charge in [-0.3, -0.25) is 0 Å². The van der Waals surface area contributed by atoms with Crippen molar-refractivity contribution >= 4 is 11.6 Å². The highest BCUT2D eigenvalue weighted by molar-refractivity contribution is 6.20. The molecule has 0 aromatic rings. The van der Waals surface area contributed by atoms with E-state index in [9.17, 15) is 0 Å². The van der Waals surface area contributed by atoms with Crippen molar-refractivity contribution in [1.29, 1.82) is 0 Å². The molecule has 0 N–H and O–H groups in total. The van der Waals surface area contributed by atoms with E-state index in [0.717, 1.165) is 11.8 Å². The zero-order valence-electron chi connectivity index (χ0n) is 9.77. The molecule has 0 saturated heterocycles. The molecule has 1 heteroatoms. The Kier molecular flexibility index (Phi) is 5.93. The Morgan fingerprint density at radius 1 is 1.14 bits per heavy atom. The molecular formula is C13H25Cl. The SMILES string of the molecule is CCCCCCC1CC(C)CCC1Cl. The highest BCUT2D eigenvalue weighted by atomic mass is 35.5. The summed E-state index contributed by atoms with van der Waals surface area (Å²) in [5.41, 5.74) is 0. The summed E-state index contributed by atoms with van der Waals surface area (Å²) < 4.78 is 0. The first-order valence-electron chi connectivity index (χ1n) is 6.38. The van der Waals surface area contributed by atoms with Gasteiger partial charge in [0, 0.05) is 5.38 Å². The van der Waals surface area contributed by atoms with E-state index in [1.807, 2.05) is 0 Å². The van der Waals surface area contributed by atoms with Crippen LogP contribution < -0.4 is 0 Å². The largest absolute Gasteiger partial charge is 0.123 e. The topological polar surface area (TPSA) is 0 Å². The Balaban J connectivity index is 2.14. The van der Waals surface area contributed by atoms with Crippen LogP contribution >= 0.6 is 11.6 Å². The average Bonchev–Trinajstić information content (AvgIpc) is 2.18. The van der Waals surface area contributed by atoms with Gasteiger partial charge in [0.15, 0.2) is 0 Å². The van der Waals surface area contributed by atoms with Crippen LogP contribution in [0.3, 0.4) is 0 Å².